The van der Waals surface area contributed by atoms with E-state index >= 15 is 0 Å². The van der Waals surface area contributed by atoms with Crippen molar-refractivity contribution in [2.24, 2.45) is 11.8 Å². The van der Waals surface area contributed by atoms with E-state index in [-0.39, 0.29) is 24.6 Å². The van der Waals surface area contributed by atoms with Gasteiger partial charge in [-0.3, -0.25) is 0 Å². The fourth-order valence-electron chi connectivity index (χ4n) is 2.04. The summed E-state index contributed by atoms with van der Waals surface area (Å²) in [4.78, 5) is 11.9. The van der Waals surface area contributed by atoms with Crippen LogP contribution in [-0.2, 0) is 11.3 Å². The molecule has 2 rings (SSSR count). The number of ether oxygens (including phenoxy) is 1. The minimum absolute atomic E-state index is 0.0212. The summed E-state index contributed by atoms with van der Waals surface area (Å²) in [6.45, 7) is 5.22. The van der Waals surface area contributed by atoms with Crippen molar-refractivity contribution < 1.29 is 14.6 Å². The molecule has 5 nitrogen and oxygen atoms in total. The van der Waals surface area contributed by atoms with Gasteiger partial charge in [-0.15, -0.1) is 0 Å². The van der Waals surface area contributed by atoms with Gasteiger partial charge >= 0.3 is 6.03 Å². The van der Waals surface area contributed by atoms with Gasteiger partial charge < -0.3 is 20.5 Å². The van der Waals surface area contributed by atoms with Crippen LogP contribution in [0.2, 0.25) is 0 Å². The molecule has 3 N–H and O–H groups in total. The molecular formula is C17H26N2O3. The van der Waals surface area contributed by atoms with Gasteiger partial charge in [0.2, 0.25) is 0 Å². The van der Waals surface area contributed by atoms with Crippen molar-refractivity contribution in [2.45, 2.75) is 39.3 Å². The van der Waals surface area contributed by atoms with Crippen molar-refractivity contribution in [1.29, 1.82) is 0 Å². The molecule has 1 fully saturated rings. The van der Waals surface area contributed by atoms with Crippen molar-refractivity contribution in [2.75, 3.05) is 18.5 Å². The molecule has 0 bridgehead atoms. The predicted octanol–water partition coefficient (Wildman–Crippen LogP) is 2.75. The Morgan fingerprint density at radius 2 is 2.18 bits per heavy atom. The minimum Gasteiger partial charge on any atom is -0.396 e. The fourth-order valence-corrected chi connectivity index (χ4v) is 2.04. The average molecular weight is 306 g/mol. The molecule has 2 atom stereocenters. The van der Waals surface area contributed by atoms with Crippen LogP contribution in [0.5, 0.6) is 0 Å². The van der Waals surface area contributed by atoms with Gasteiger partial charge in [-0.05, 0) is 49.3 Å². The van der Waals surface area contributed by atoms with Crippen molar-refractivity contribution in [3.8, 4) is 0 Å². The van der Waals surface area contributed by atoms with Crippen LogP contribution < -0.4 is 10.6 Å². The number of hydrogen-bond acceptors (Lipinski definition) is 3. The number of hydrogen-bond donors (Lipinski definition) is 3. The molecule has 0 saturated heterocycles. The molecule has 5 heteroatoms. The summed E-state index contributed by atoms with van der Waals surface area (Å²) >= 11 is 0. The third-order valence-electron chi connectivity index (χ3n) is 4.00. The number of rotatable bonds is 8. The van der Waals surface area contributed by atoms with Gasteiger partial charge in [0.15, 0.2) is 0 Å². The third kappa shape index (κ3) is 5.66. The molecule has 0 radical (unpaired) electrons. The Labute approximate surface area is 132 Å². The molecule has 22 heavy (non-hydrogen) atoms. The highest BCUT2D eigenvalue weighted by molar-refractivity contribution is 5.89. The van der Waals surface area contributed by atoms with E-state index in [1.165, 1.54) is 12.8 Å². The molecule has 0 aliphatic heterocycles. The summed E-state index contributed by atoms with van der Waals surface area (Å²) in [6.07, 6.45) is 2.57. The average Bonchev–Trinajstić information content (AvgIpc) is 3.30. The number of benzene rings is 1. The highest BCUT2D eigenvalue weighted by Gasteiger charge is 2.21. The first-order chi connectivity index (χ1) is 10.6. The molecule has 1 aromatic rings. The largest absolute Gasteiger partial charge is 0.396 e. The van der Waals surface area contributed by atoms with Gasteiger partial charge in [-0.2, -0.15) is 0 Å². The summed E-state index contributed by atoms with van der Waals surface area (Å²) in [5.74, 6) is 0.773. The summed E-state index contributed by atoms with van der Waals surface area (Å²) in [6, 6.07) is 7.33. The van der Waals surface area contributed by atoms with Gasteiger partial charge in [0.05, 0.1) is 6.61 Å². The predicted molar refractivity (Wildman–Crippen MR) is 86.7 cm³/mol. The molecule has 0 spiro atoms. The molecule has 2 unspecified atom stereocenters. The molecule has 1 aliphatic carbocycles. The van der Waals surface area contributed by atoms with Crippen LogP contribution in [0.25, 0.3) is 0 Å². The summed E-state index contributed by atoms with van der Waals surface area (Å²) in [5.41, 5.74) is 1.80. The minimum atomic E-state index is -0.260. The van der Waals surface area contributed by atoms with E-state index < -0.39 is 0 Å². The van der Waals surface area contributed by atoms with Gasteiger partial charge in [-0.1, -0.05) is 19.1 Å². The van der Waals surface area contributed by atoms with Crippen LogP contribution in [0, 0.1) is 11.8 Å². The topological polar surface area (TPSA) is 70.6 Å². The molecule has 0 heterocycles. The maximum Gasteiger partial charge on any atom is 0.319 e. The first-order valence-corrected chi connectivity index (χ1v) is 7.93. The van der Waals surface area contributed by atoms with Gasteiger partial charge in [-0.25, -0.2) is 4.79 Å². The van der Waals surface area contributed by atoms with Crippen molar-refractivity contribution in [3.05, 3.63) is 29.8 Å². The molecular weight excluding hydrogens is 280 g/mol. The van der Waals surface area contributed by atoms with E-state index in [4.69, 9.17) is 9.84 Å². The number of aliphatic hydroxyl groups is 1. The van der Waals surface area contributed by atoms with E-state index in [2.05, 4.69) is 10.6 Å². The molecule has 1 aromatic carbocycles. The Morgan fingerprint density at radius 3 is 2.86 bits per heavy atom. The maximum absolute atomic E-state index is 11.9. The monoisotopic (exact) mass is 306 g/mol. The number of anilines is 1. The Hall–Kier alpha value is -1.59. The maximum atomic E-state index is 11.9. The normalized spacial score (nSPS) is 16.9. The zero-order chi connectivity index (χ0) is 15.9. The van der Waals surface area contributed by atoms with Crippen LogP contribution in [0.4, 0.5) is 10.5 Å². The SMILES string of the molecule is CC(CO)C(C)NC(=O)Nc1cccc(COCC2CC2)c1. The van der Waals surface area contributed by atoms with Crippen LogP contribution in [0.1, 0.15) is 32.3 Å². The first kappa shape index (κ1) is 16.8. The second kappa shape index (κ2) is 8.15. The van der Waals surface area contributed by atoms with Crippen molar-refractivity contribution in [1.82, 2.24) is 5.32 Å². The van der Waals surface area contributed by atoms with Crippen LogP contribution >= 0.6 is 0 Å². The number of amides is 2. The smallest absolute Gasteiger partial charge is 0.319 e. The lowest BCUT2D eigenvalue weighted by Gasteiger charge is -2.19. The number of carbonyl (C=O) groups excluding carboxylic acids is 1. The zero-order valence-electron chi connectivity index (χ0n) is 13.3. The van der Waals surface area contributed by atoms with Gasteiger partial charge in [0, 0.05) is 24.9 Å². The second-order valence-corrected chi connectivity index (χ2v) is 6.21. The number of carbonyl (C=O) groups is 1. The van der Waals surface area contributed by atoms with Gasteiger partial charge in [0.25, 0.3) is 0 Å². The van der Waals surface area contributed by atoms with Crippen molar-refractivity contribution in [3.63, 3.8) is 0 Å². The van der Waals surface area contributed by atoms with E-state index in [1.54, 1.807) is 0 Å². The third-order valence-corrected chi connectivity index (χ3v) is 4.00. The number of nitrogens with one attached hydrogen (secondary N) is 2. The Morgan fingerprint density at radius 1 is 1.41 bits per heavy atom. The lowest BCUT2D eigenvalue weighted by molar-refractivity contribution is 0.111. The van der Waals surface area contributed by atoms with Crippen LogP contribution in [0.3, 0.4) is 0 Å². The lowest BCUT2D eigenvalue weighted by atomic mass is 10.1. The second-order valence-electron chi connectivity index (χ2n) is 6.21. The Bertz CT molecular complexity index is 489. The highest BCUT2D eigenvalue weighted by atomic mass is 16.5. The van der Waals surface area contributed by atoms with E-state index in [9.17, 15) is 4.79 Å². The lowest BCUT2D eigenvalue weighted by Crippen LogP contribution is -2.40. The zero-order valence-corrected chi connectivity index (χ0v) is 13.3. The van der Waals surface area contributed by atoms with E-state index in [1.807, 2.05) is 38.1 Å². The summed E-state index contributed by atoms with van der Waals surface area (Å²) < 4.78 is 5.66. The molecule has 122 valence electrons. The first-order valence-electron chi connectivity index (χ1n) is 7.93. The van der Waals surface area contributed by atoms with E-state index in [0.717, 1.165) is 23.8 Å². The quantitative estimate of drug-likeness (QED) is 0.691. The standard InChI is InChI=1S/C17H26N2O3/c1-12(9-20)13(2)18-17(21)19-16-5-3-4-15(8-16)11-22-10-14-6-7-14/h3-5,8,12-14,20H,6-7,9-11H2,1-2H3,(H2,18,19,21). The molecule has 1 saturated carbocycles. The highest BCUT2D eigenvalue weighted by Crippen LogP contribution is 2.29. The Balaban J connectivity index is 1.79. The van der Waals surface area contributed by atoms with Crippen LogP contribution in [0.15, 0.2) is 24.3 Å². The number of aliphatic hydroxyl groups excluding tert-OH is 1. The molecule has 2 amide bonds. The molecule has 1 aliphatic rings. The van der Waals surface area contributed by atoms with Gasteiger partial charge in [0.1, 0.15) is 0 Å². The fraction of sp³-hybridized carbons (Fsp3) is 0.588. The summed E-state index contributed by atoms with van der Waals surface area (Å²) in [5, 5.41) is 14.7. The summed E-state index contributed by atoms with van der Waals surface area (Å²) in [7, 11) is 0. The molecule has 0 aromatic heterocycles. The van der Waals surface area contributed by atoms with Crippen LogP contribution in [-0.4, -0.2) is 30.4 Å². The van der Waals surface area contributed by atoms with E-state index in [0.29, 0.717) is 6.61 Å². The Kier molecular flexibility index (Phi) is 6.21. The number of urea groups is 1. The van der Waals surface area contributed by atoms with Crippen molar-refractivity contribution >= 4 is 11.7 Å².